The Morgan fingerprint density at radius 3 is 2.72 bits per heavy atom. The lowest BCUT2D eigenvalue weighted by atomic mass is 10.0. The molecule has 1 aromatic carbocycles. The number of hydrogen-bond acceptors (Lipinski definition) is 1. The predicted octanol–water partition coefficient (Wildman–Crippen LogP) is 4.24. The van der Waals surface area contributed by atoms with Gasteiger partial charge in [-0.2, -0.15) is 0 Å². The van der Waals surface area contributed by atoms with E-state index in [-0.39, 0.29) is 11.3 Å². The van der Waals surface area contributed by atoms with E-state index < -0.39 is 0 Å². The number of hydrogen-bond donors (Lipinski definition) is 1. The highest BCUT2D eigenvalue weighted by Gasteiger charge is 2.41. The van der Waals surface area contributed by atoms with Crippen LogP contribution in [-0.2, 0) is 0 Å². The van der Waals surface area contributed by atoms with Crippen molar-refractivity contribution in [1.82, 2.24) is 5.32 Å². The highest BCUT2D eigenvalue weighted by Crippen LogP contribution is 2.48. The fourth-order valence-electron chi connectivity index (χ4n) is 1.93. The van der Waals surface area contributed by atoms with Gasteiger partial charge in [0, 0.05) is 16.9 Å². The first-order valence-corrected chi connectivity index (χ1v) is 7.56. The maximum atomic E-state index is 12.0. The molecule has 0 atom stereocenters. The smallest absolute Gasteiger partial charge is 0.252 e. The first-order valence-electron chi connectivity index (χ1n) is 5.86. The van der Waals surface area contributed by atoms with Crippen molar-refractivity contribution in [3.05, 3.63) is 33.3 Å². The zero-order valence-corrected chi connectivity index (χ0v) is 12.9. The van der Waals surface area contributed by atoms with Crippen molar-refractivity contribution in [2.75, 3.05) is 12.4 Å². The fourth-order valence-corrected chi connectivity index (χ4v) is 3.09. The SMILES string of the molecule is O=C(NCC1(CCCl)CC1)c1ccc(Br)cc1Cl. The van der Waals surface area contributed by atoms with Crippen molar-refractivity contribution in [3.63, 3.8) is 0 Å². The second-order valence-corrected chi connectivity index (χ2v) is 6.45. The molecule has 18 heavy (non-hydrogen) atoms. The van der Waals surface area contributed by atoms with Crippen molar-refractivity contribution in [1.29, 1.82) is 0 Å². The number of benzene rings is 1. The summed E-state index contributed by atoms with van der Waals surface area (Å²) in [5.41, 5.74) is 0.751. The van der Waals surface area contributed by atoms with Crippen LogP contribution in [0, 0.1) is 5.41 Å². The molecule has 0 spiro atoms. The van der Waals surface area contributed by atoms with Crippen LogP contribution >= 0.6 is 39.1 Å². The molecule has 0 heterocycles. The number of amides is 1. The van der Waals surface area contributed by atoms with E-state index in [1.165, 1.54) is 0 Å². The molecule has 98 valence electrons. The van der Waals surface area contributed by atoms with Crippen LogP contribution in [0.1, 0.15) is 29.6 Å². The van der Waals surface area contributed by atoms with Gasteiger partial charge in [0.05, 0.1) is 10.6 Å². The summed E-state index contributed by atoms with van der Waals surface area (Å²) in [7, 11) is 0. The molecule has 1 saturated carbocycles. The monoisotopic (exact) mass is 349 g/mol. The van der Waals surface area contributed by atoms with Gasteiger partial charge < -0.3 is 5.32 Å². The summed E-state index contributed by atoms with van der Waals surface area (Å²) in [6.07, 6.45) is 3.26. The molecule has 0 aliphatic heterocycles. The summed E-state index contributed by atoms with van der Waals surface area (Å²) < 4.78 is 0.866. The molecule has 0 aromatic heterocycles. The molecule has 1 aliphatic rings. The second-order valence-electron chi connectivity index (χ2n) is 4.75. The Balaban J connectivity index is 1.96. The van der Waals surface area contributed by atoms with E-state index >= 15 is 0 Å². The van der Waals surface area contributed by atoms with E-state index in [2.05, 4.69) is 21.2 Å². The van der Waals surface area contributed by atoms with Gasteiger partial charge in [-0.05, 0) is 42.9 Å². The molecule has 0 radical (unpaired) electrons. The van der Waals surface area contributed by atoms with Crippen LogP contribution in [-0.4, -0.2) is 18.3 Å². The van der Waals surface area contributed by atoms with Crippen molar-refractivity contribution >= 4 is 45.0 Å². The topological polar surface area (TPSA) is 29.1 Å². The normalized spacial score (nSPS) is 16.4. The van der Waals surface area contributed by atoms with Gasteiger partial charge in [-0.3, -0.25) is 4.79 Å². The van der Waals surface area contributed by atoms with Gasteiger partial charge in [0.1, 0.15) is 0 Å². The highest BCUT2D eigenvalue weighted by molar-refractivity contribution is 9.10. The number of carbonyl (C=O) groups is 1. The number of rotatable bonds is 5. The third kappa shape index (κ3) is 3.40. The van der Waals surface area contributed by atoms with Crippen molar-refractivity contribution in [3.8, 4) is 0 Å². The Morgan fingerprint density at radius 1 is 1.44 bits per heavy atom. The third-order valence-electron chi connectivity index (χ3n) is 3.38. The molecule has 5 heteroatoms. The number of nitrogens with one attached hydrogen (secondary N) is 1. The molecule has 0 unspecified atom stereocenters. The summed E-state index contributed by atoms with van der Waals surface area (Å²) in [5.74, 6) is 0.530. The van der Waals surface area contributed by atoms with E-state index in [0.717, 1.165) is 23.7 Å². The molecule has 0 bridgehead atoms. The van der Waals surface area contributed by atoms with Crippen molar-refractivity contribution in [2.24, 2.45) is 5.41 Å². The first kappa shape index (κ1) is 14.2. The average Bonchev–Trinajstić information content (AvgIpc) is 3.07. The van der Waals surface area contributed by atoms with E-state index in [1.54, 1.807) is 12.1 Å². The van der Waals surface area contributed by atoms with Gasteiger partial charge in [0.2, 0.25) is 0 Å². The van der Waals surface area contributed by atoms with Crippen LogP contribution in [0.25, 0.3) is 0 Å². The fraction of sp³-hybridized carbons (Fsp3) is 0.462. The zero-order chi connectivity index (χ0) is 13.2. The summed E-state index contributed by atoms with van der Waals surface area (Å²) in [6, 6.07) is 5.26. The highest BCUT2D eigenvalue weighted by atomic mass is 79.9. The van der Waals surface area contributed by atoms with Gasteiger partial charge in [0.15, 0.2) is 0 Å². The first-order chi connectivity index (χ1) is 8.56. The third-order valence-corrected chi connectivity index (χ3v) is 4.38. The Kier molecular flexibility index (Phi) is 4.57. The Morgan fingerprint density at radius 2 is 2.17 bits per heavy atom. The maximum absolute atomic E-state index is 12.0. The minimum atomic E-state index is -0.117. The maximum Gasteiger partial charge on any atom is 0.252 e. The summed E-state index contributed by atoms with van der Waals surface area (Å²) in [4.78, 5) is 12.0. The number of halogens is 3. The lowest BCUT2D eigenvalue weighted by Gasteiger charge is -2.14. The van der Waals surface area contributed by atoms with Crippen LogP contribution in [0.4, 0.5) is 0 Å². The van der Waals surface area contributed by atoms with Gasteiger partial charge in [0.25, 0.3) is 5.91 Å². The quantitative estimate of drug-likeness (QED) is 0.790. The molecular formula is C13H14BrCl2NO. The molecule has 2 rings (SSSR count). The Bertz CT molecular complexity index is 460. The average molecular weight is 351 g/mol. The lowest BCUT2D eigenvalue weighted by molar-refractivity contribution is 0.0944. The Labute approximate surface area is 125 Å². The van der Waals surface area contributed by atoms with E-state index in [4.69, 9.17) is 23.2 Å². The summed E-state index contributed by atoms with van der Waals surface area (Å²) in [5, 5.41) is 3.41. The van der Waals surface area contributed by atoms with Crippen LogP contribution in [0.15, 0.2) is 22.7 Å². The van der Waals surface area contributed by atoms with E-state index in [0.29, 0.717) is 23.0 Å². The van der Waals surface area contributed by atoms with Crippen LogP contribution in [0.2, 0.25) is 5.02 Å². The molecule has 1 N–H and O–H groups in total. The molecule has 1 aliphatic carbocycles. The van der Waals surface area contributed by atoms with Gasteiger partial charge in [-0.25, -0.2) is 0 Å². The molecule has 0 saturated heterocycles. The van der Waals surface area contributed by atoms with Crippen LogP contribution in [0.3, 0.4) is 0 Å². The van der Waals surface area contributed by atoms with Gasteiger partial charge in [-0.15, -0.1) is 11.6 Å². The minimum absolute atomic E-state index is 0.117. The lowest BCUT2D eigenvalue weighted by Crippen LogP contribution is -2.30. The van der Waals surface area contributed by atoms with Crippen LogP contribution < -0.4 is 5.32 Å². The van der Waals surface area contributed by atoms with Crippen molar-refractivity contribution < 1.29 is 4.79 Å². The molecule has 1 aromatic rings. The molecule has 1 fully saturated rings. The predicted molar refractivity (Wildman–Crippen MR) is 78.5 cm³/mol. The summed E-state index contributed by atoms with van der Waals surface area (Å²) in [6.45, 7) is 0.685. The minimum Gasteiger partial charge on any atom is -0.351 e. The second kappa shape index (κ2) is 5.81. The Hall–Kier alpha value is -0.250. The standard InChI is InChI=1S/C13H14BrCl2NO/c14-9-1-2-10(11(16)7-9)12(18)17-8-13(3-4-13)5-6-15/h1-2,7H,3-6,8H2,(H,17,18). The zero-order valence-electron chi connectivity index (χ0n) is 9.81. The van der Waals surface area contributed by atoms with Gasteiger partial charge >= 0.3 is 0 Å². The van der Waals surface area contributed by atoms with Crippen molar-refractivity contribution in [2.45, 2.75) is 19.3 Å². The number of carbonyl (C=O) groups excluding carboxylic acids is 1. The largest absolute Gasteiger partial charge is 0.351 e. The van der Waals surface area contributed by atoms with E-state index in [9.17, 15) is 4.79 Å². The summed E-state index contributed by atoms with van der Waals surface area (Å²) >= 11 is 15.1. The van der Waals surface area contributed by atoms with E-state index in [1.807, 2.05) is 6.07 Å². The molecule has 2 nitrogen and oxygen atoms in total. The number of alkyl halides is 1. The van der Waals surface area contributed by atoms with Crippen LogP contribution in [0.5, 0.6) is 0 Å². The molecule has 1 amide bonds. The van der Waals surface area contributed by atoms with Gasteiger partial charge in [-0.1, -0.05) is 27.5 Å². The molecular weight excluding hydrogens is 337 g/mol.